The van der Waals surface area contributed by atoms with Crippen molar-refractivity contribution in [2.24, 2.45) is 0 Å². The van der Waals surface area contributed by atoms with Crippen LogP contribution in [0.15, 0.2) is 54.9 Å². The van der Waals surface area contributed by atoms with Gasteiger partial charge in [0.2, 0.25) is 0 Å². The van der Waals surface area contributed by atoms with Gasteiger partial charge in [-0.1, -0.05) is 0 Å². The lowest BCUT2D eigenvalue weighted by atomic mass is 10.2. The molecule has 0 aliphatic rings. The third-order valence-corrected chi connectivity index (χ3v) is 3.52. The summed E-state index contributed by atoms with van der Waals surface area (Å²) in [7, 11) is 0. The predicted octanol–water partition coefficient (Wildman–Crippen LogP) is 4.15. The van der Waals surface area contributed by atoms with Crippen LogP contribution in [0.5, 0.6) is 5.75 Å². The molecule has 3 aromatic rings. The molecule has 0 fully saturated rings. The first-order valence-electron chi connectivity index (χ1n) is 8.13. The number of anilines is 3. The van der Waals surface area contributed by atoms with Crippen LogP contribution in [-0.4, -0.2) is 22.5 Å². The quantitative estimate of drug-likeness (QED) is 0.682. The molecule has 0 bridgehead atoms. The number of carbonyl (C=O) groups excluding carboxylic acids is 1. The molecular weight excluding hydrogens is 354 g/mol. The number of ether oxygens (including phenoxy) is 1. The lowest BCUT2D eigenvalue weighted by molar-refractivity contribution is 0.102. The Balaban J connectivity index is 1.71. The zero-order valence-corrected chi connectivity index (χ0v) is 14.4. The summed E-state index contributed by atoms with van der Waals surface area (Å²) in [5, 5.41) is 5.39. The molecule has 0 saturated heterocycles. The molecular formula is C19H16F2N4O2. The average molecular weight is 370 g/mol. The van der Waals surface area contributed by atoms with Gasteiger partial charge in [0.05, 0.1) is 12.3 Å². The molecule has 0 saturated carbocycles. The van der Waals surface area contributed by atoms with Crippen molar-refractivity contribution in [2.75, 3.05) is 17.2 Å². The van der Waals surface area contributed by atoms with E-state index in [-0.39, 0.29) is 17.2 Å². The van der Waals surface area contributed by atoms with E-state index in [9.17, 15) is 13.6 Å². The number of rotatable bonds is 6. The summed E-state index contributed by atoms with van der Waals surface area (Å²) in [4.78, 5) is 20.2. The third-order valence-electron chi connectivity index (χ3n) is 3.52. The lowest BCUT2D eigenvalue weighted by Gasteiger charge is -2.09. The Labute approximate surface area is 154 Å². The average Bonchev–Trinajstić information content (AvgIpc) is 2.66. The highest BCUT2D eigenvalue weighted by molar-refractivity contribution is 6.03. The molecule has 0 atom stereocenters. The van der Waals surface area contributed by atoms with Crippen molar-refractivity contribution in [3.63, 3.8) is 0 Å². The molecule has 0 radical (unpaired) electrons. The Morgan fingerprint density at radius 1 is 1.07 bits per heavy atom. The molecule has 0 unspecified atom stereocenters. The fourth-order valence-corrected chi connectivity index (χ4v) is 2.27. The minimum absolute atomic E-state index is 0.0352. The van der Waals surface area contributed by atoms with Crippen LogP contribution in [-0.2, 0) is 0 Å². The van der Waals surface area contributed by atoms with Crippen molar-refractivity contribution >= 4 is 23.1 Å². The Bertz CT molecular complexity index is 949. The van der Waals surface area contributed by atoms with E-state index in [1.54, 1.807) is 24.3 Å². The SMILES string of the molecule is CCOc1ccc(NC(=O)c2cc(Nc3ccc(F)cc3F)ncn2)cc1. The van der Waals surface area contributed by atoms with Gasteiger partial charge in [0.25, 0.3) is 5.91 Å². The highest BCUT2D eigenvalue weighted by Crippen LogP contribution is 2.20. The Kier molecular flexibility index (Phi) is 5.55. The van der Waals surface area contributed by atoms with Crippen LogP contribution in [0.1, 0.15) is 17.4 Å². The fraction of sp³-hybridized carbons (Fsp3) is 0.105. The largest absolute Gasteiger partial charge is 0.494 e. The van der Waals surface area contributed by atoms with E-state index < -0.39 is 17.5 Å². The van der Waals surface area contributed by atoms with Crippen molar-refractivity contribution < 1.29 is 18.3 Å². The number of benzene rings is 2. The van der Waals surface area contributed by atoms with Gasteiger partial charge in [-0.3, -0.25) is 4.79 Å². The number of halogens is 2. The molecule has 2 aromatic carbocycles. The summed E-state index contributed by atoms with van der Waals surface area (Å²) in [6.45, 7) is 2.44. The molecule has 6 nitrogen and oxygen atoms in total. The van der Waals surface area contributed by atoms with E-state index >= 15 is 0 Å². The van der Waals surface area contributed by atoms with Gasteiger partial charge in [-0.25, -0.2) is 18.7 Å². The van der Waals surface area contributed by atoms with Gasteiger partial charge in [-0.2, -0.15) is 0 Å². The third kappa shape index (κ3) is 4.75. The van der Waals surface area contributed by atoms with E-state index in [1.165, 1.54) is 18.5 Å². The first-order chi connectivity index (χ1) is 13.0. The smallest absolute Gasteiger partial charge is 0.274 e. The van der Waals surface area contributed by atoms with Crippen LogP contribution in [0.3, 0.4) is 0 Å². The van der Waals surface area contributed by atoms with E-state index in [0.717, 1.165) is 12.1 Å². The monoisotopic (exact) mass is 370 g/mol. The molecule has 1 heterocycles. The second kappa shape index (κ2) is 8.22. The van der Waals surface area contributed by atoms with Gasteiger partial charge in [0.1, 0.15) is 35.2 Å². The number of carbonyl (C=O) groups is 1. The molecule has 27 heavy (non-hydrogen) atoms. The molecule has 0 aliphatic heterocycles. The summed E-state index contributed by atoms with van der Waals surface area (Å²) in [5.41, 5.74) is 0.693. The molecule has 138 valence electrons. The first-order valence-corrected chi connectivity index (χ1v) is 8.13. The van der Waals surface area contributed by atoms with E-state index in [1.807, 2.05) is 6.92 Å². The van der Waals surface area contributed by atoms with Crippen molar-refractivity contribution in [2.45, 2.75) is 6.92 Å². The Hall–Kier alpha value is -3.55. The highest BCUT2D eigenvalue weighted by atomic mass is 19.1. The summed E-state index contributed by atoms with van der Waals surface area (Å²) in [6, 6.07) is 11.4. The topological polar surface area (TPSA) is 76.1 Å². The van der Waals surface area contributed by atoms with Crippen LogP contribution in [0.25, 0.3) is 0 Å². The second-order valence-electron chi connectivity index (χ2n) is 5.45. The minimum atomic E-state index is -0.769. The standard InChI is InChI=1S/C19H16F2N4O2/c1-2-27-14-6-4-13(5-7-14)24-19(26)17-10-18(23-11-22-17)25-16-8-3-12(20)9-15(16)21/h3-11H,2H2,1H3,(H,24,26)(H,22,23,25). The summed E-state index contributed by atoms with van der Waals surface area (Å²) >= 11 is 0. The normalized spacial score (nSPS) is 10.3. The van der Waals surface area contributed by atoms with Gasteiger partial charge in [-0.15, -0.1) is 0 Å². The van der Waals surface area contributed by atoms with Gasteiger partial charge < -0.3 is 15.4 Å². The van der Waals surface area contributed by atoms with Crippen LogP contribution < -0.4 is 15.4 Å². The van der Waals surface area contributed by atoms with E-state index in [0.29, 0.717) is 18.0 Å². The van der Waals surface area contributed by atoms with Gasteiger partial charge >= 0.3 is 0 Å². The molecule has 3 rings (SSSR count). The van der Waals surface area contributed by atoms with Crippen LogP contribution in [0.2, 0.25) is 0 Å². The van der Waals surface area contributed by atoms with Gasteiger partial charge in [-0.05, 0) is 43.3 Å². The maximum absolute atomic E-state index is 13.7. The zero-order valence-electron chi connectivity index (χ0n) is 14.4. The highest BCUT2D eigenvalue weighted by Gasteiger charge is 2.11. The van der Waals surface area contributed by atoms with Crippen LogP contribution in [0.4, 0.5) is 26.0 Å². The molecule has 2 N–H and O–H groups in total. The van der Waals surface area contributed by atoms with Crippen LogP contribution >= 0.6 is 0 Å². The first kappa shape index (κ1) is 18.2. The number of hydrogen-bond acceptors (Lipinski definition) is 5. The van der Waals surface area contributed by atoms with Crippen molar-refractivity contribution in [3.8, 4) is 5.75 Å². The second-order valence-corrected chi connectivity index (χ2v) is 5.45. The fourth-order valence-electron chi connectivity index (χ4n) is 2.27. The summed E-state index contributed by atoms with van der Waals surface area (Å²) in [6.07, 6.45) is 1.18. The molecule has 8 heteroatoms. The van der Waals surface area contributed by atoms with Crippen molar-refractivity contribution in [1.29, 1.82) is 0 Å². The Morgan fingerprint density at radius 2 is 1.85 bits per heavy atom. The zero-order chi connectivity index (χ0) is 19.2. The van der Waals surface area contributed by atoms with E-state index in [2.05, 4.69) is 20.6 Å². The molecule has 1 amide bonds. The maximum atomic E-state index is 13.7. The summed E-state index contributed by atoms with van der Waals surface area (Å²) in [5.74, 6) is -1.01. The molecule has 0 spiro atoms. The lowest BCUT2D eigenvalue weighted by Crippen LogP contribution is -2.14. The van der Waals surface area contributed by atoms with Crippen LogP contribution in [0, 0.1) is 11.6 Å². The van der Waals surface area contributed by atoms with Gasteiger partial charge in [0, 0.05) is 17.8 Å². The maximum Gasteiger partial charge on any atom is 0.274 e. The Morgan fingerprint density at radius 3 is 2.56 bits per heavy atom. The number of nitrogens with one attached hydrogen (secondary N) is 2. The van der Waals surface area contributed by atoms with Crippen molar-refractivity contribution in [3.05, 3.63) is 72.2 Å². The van der Waals surface area contributed by atoms with Crippen molar-refractivity contribution in [1.82, 2.24) is 9.97 Å². The number of amides is 1. The number of nitrogens with zero attached hydrogens (tertiary/aromatic N) is 2. The minimum Gasteiger partial charge on any atom is -0.494 e. The molecule has 1 aromatic heterocycles. The molecule has 0 aliphatic carbocycles. The summed E-state index contributed by atoms with van der Waals surface area (Å²) < 4.78 is 32.1. The number of hydrogen-bond donors (Lipinski definition) is 2. The van der Waals surface area contributed by atoms with Gasteiger partial charge in [0.15, 0.2) is 0 Å². The number of aromatic nitrogens is 2. The van der Waals surface area contributed by atoms with E-state index in [4.69, 9.17) is 4.74 Å². The predicted molar refractivity (Wildman–Crippen MR) is 97.2 cm³/mol.